The quantitative estimate of drug-likeness (QED) is 0.297. The van der Waals surface area contributed by atoms with E-state index in [1.165, 1.54) is 11.4 Å². The molecule has 0 aliphatic heterocycles. The van der Waals surface area contributed by atoms with Crippen LogP contribution in [0.4, 0.5) is 5.69 Å². The molecule has 1 N–H and O–H groups in total. The van der Waals surface area contributed by atoms with Crippen molar-refractivity contribution in [2.45, 2.75) is 38.8 Å². The zero-order valence-corrected chi connectivity index (χ0v) is 24.6. The van der Waals surface area contributed by atoms with Gasteiger partial charge in [0.1, 0.15) is 11.8 Å². The van der Waals surface area contributed by atoms with Crippen LogP contribution < -0.4 is 14.4 Å². The Balaban J connectivity index is 1.85. The topological polar surface area (TPSA) is 96.0 Å². The highest BCUT2D eigenvalue weighted by Crippen LogP contribution is 2.24. The molecule has 2 amide bonds. The number of carbonyl (C=O) groups excluding carboxylic acids is 2. The van der Waals surface area contributed by atoms with Crippen LogP contribution in [0.5, 0.6) is 5.75 Å². The van der Waals surface area contributed by atoms with Crippen LogP contribution in [0, 0.1) is 0 Å². The molecule has 3 rings (SSSR count). The minimum Gasteiger partial charge on any atom is -0.497 e. The SMILES string of the molecule is CCNC(=O)C(Cc1ccccc1)N(Cc1ccc(Cl)cc1)C(=O)CCCN(c1cccc(OC)c1)S(C)(=O)=O. The fraction of sp³-hybridized carbons (Fsp3) is 0.333. The average molecular weight is 586 g/mol. The molecule has 1 atom stereocenters. The van der Waals surface area contributed by atoms with Crippen molar-refractivity contribution in [3.05, 3.63) is 95.0 Å². The highest BCUT2D eigenvalue weighted by molar-refractivity contribution is 7.92. The van der Waals surface area contributed by atoms with Crippen LogP contribution in [-0.4, -0.2) is 57.6 Å². The summed E-state index contributed by atoms with van der Waals surface area (Å²) in [6, 6.07) is 22.7. The zero-order chi connectivity index (χ0) is 29.1. The number of carbonyl (C=O) groups is 2. The first-order chi connectivity index (χ1) is 19.1. The molecular weight excluding hydrogens is 550 g/mol. The van der Waals surface area contributed by atoms with E-state index in [0.717, 1.165) is 17.4 Å². The van der Waals surface area contributed by atoms with Crippen LogP contribution in [0.2, 0.25) is 5.02 Å². The highest BCUT2D eigenvalue weighted by Gasteiger charge is 2.30. The fourth-order valence-electron chi connectivity index (χ4n) is 4.40. The summed E-state index contributed by atoms with van der Waals surface area (Å²) in [5.41, 5.74) is 2.21. The molecule has 0 fully saturated rings. The number of methoxy groups -OCH3 is 1. The van der Waals surface area contributed by atoms with Crippen molar-refractivity contribution in [1.29, 1.82) is 0 Å². The summed E-state index contributed by atoms with van der Waals surface area (Å²) in [6.45, 7) is 2.56. The van der Waals surface area contributed by atoms with Crippen LogP contribution in [0.25, 0.3) is 0 Å². The van der Waals surface area contributed by atoms with E-state index in [2.05, 4.69) is 5.32 Å². The van der Waals surface area contributed by atoms with Gasteiger partial charge in [-0.15, -0.1) is 0 Å². The minimum atomic E-state index is -3.62. The fourth-order valence-corrected chi connectivity index (χ4v) is 5.49. The second-order valence-corrected chi connectivity index (χ2v) is 11.7. The van der Waals surface area contributed by atoms with Crippen molar-refractivity contribution >= 4 is 39.1 Å². The molecule has 0 saturated carbocycles. The van der Waals surface area contributed by atoms with Crippen LogP contribution in [0.3, 0.4) is 0 Å². The van der Waals surface area contributed by atoms with E-state index in [9.17, 15) is 18.0 Å². The van der Waals surface area contributed by atoms with E-state index in [0.29, 0.717) is 29.4 Å². The molecule has 0 saturated heterocycles. The molecule has 0 radical (unpaired) electrons. The largest absolute Gasteiger partial charge is 0.497 e. The van der Waals surface area contributed by atoms with Crippen LogP contribution in [0.15, 0.2) is 78.9 Å². The number of halogens is 1. The smallest absolute Gasteiger partial charge is 0.243 e. The van der Waals surface area contributed by atoms with Crippen molar-refractivity contribution in [2.24, 2.45) is 0 Å². The van der Waals surface area contributed by atoms with E-state index in [-0.39, 0.29) is 37.7 Å². The number of hydrogen-bond acceptors (Lipinski definition) is 5. The monoisotopic (exact) mass is 585 g/mol. The maximum Gasteiger partial charge on any atom is 0.243 e. The molecular formula is C30H36ClN3O5S. The third-order valence-corrected chi connectivity index (χ3v) is 7.83. The number of sulfonamides is 1. The van der Waals surface area contributed by atoms with Crippen molar-refractivity contribution in [3.8, 4) is 5.75 Å². The normalized spacial score (nSPS) is 11.9. The summed E-state index contributed by atoms with van der Waals surface area (Å²) < 4.78 is 31.7. The van der Waals surface area contributed by atoms with Gasteiger partial charge in [-0.05, 0) is 48.7 Å². The summed E-state index contributed by atoms with van der Waals surface area (Å²) in [6.07, 6.45) is 1.78. The van der Waals surface area contributed by atoms with E-state index >= 15 is 0 Å². The highest BCUT2D eigenvalue weighted by atomic mass is 35.5. The van der Waals surface area contributed by atoms with Crippen molar-refractivity contribution in [1.82, 2.24) is 10.2 Å². The molecule has 3 aromatic carbocycles. The Bertz CT molecular complexity index is 1370. The third-order valence-electron chi connectivity index (χ3n) is 6.38. The standard InChI is InChI=1S/C30H36ClN3O5S/c1-4-32-30(36)28(20-23-10-6-5-7-11-23)33(22-24-15-17-25(31)18-16-24)29(35)14-9-19-34(40(3,37)38)26-12-8-13-27(21-26)39-2/h5-8,10-13,15-18,21,28H,4,9,14,19-20,22H2,1-3H3,(H,32,36). The molecule has 0 aliphatic rings. The number of nitrogens with zero attached hydrogens (tertiary/aromatic N) is 2. The maximum absolute atomic E-state index is 13.8. The first-order valence-corrected chi connectivity index (χ1v) is 15.3. The van der Waals surface area contributed by atoms with E-state index in [1.54, 1.807) is 41.3 Å². The van der Waals surface area contributed by atoms with E-state index in [1.807, 2.05) is 49.4 Å². The number of ether oxygens (including phenoxy) is 1. The lowest BCUT2D eigenvalue weighted by Crippen LogP contribution is -2.50. The average Bonchev–Trinajstić information content (AvgIpc) is 2.94. The Labute approximate surface area is 241 Å². The molecule has 8 nitrogen and oxygen atoms in total. The Morgan fingerprint density at radius 1 is 0.975 bits per heavy atom. The Morgan fingerprint density at radius 2 is 1.68 bits per heavy atom. The molecule has 40 heavy (non-hydrogen) atoms. The lowest BCUT2D eigenvalue weighted by atomic mass is 10.0. The molecule has 10 heteroatoms. The van der Waals surface area contributed by atoms with Gasteiger partial charge in [0, 0.05) is 43.6 Å². The third kappa shape index (κ3) is 8.99. The molecule has 0 bridgehead atoms. The van der Waals surface area contributed by atoms with Gasteiger partial charge in [0.05, 0.1) is 19.1 Å². The number of amides is 2. The van der Waals surface area contributed by atoms with E-state index < -0.39 is 16.1 Å². The summed E-state index contributed by atoms with van der Waals surface area (Å²) in [5, 5.41) is 3.44. The Kier molecular flexibility index (Phi) is 11.4. The van der Waals surface area contributed by atoms with Gasteiger partial charge in [-0.25, -0.2) is 8.42 Å². The molecule has 0 aliphatic carbocycles. The second kappa shape index (κ2) is 14.7. The second-order valence-electron chi connectivity index (χ2n) is 9.39. The number of benzene rings is 3. The summed E-state index contributed by atoms with van der Waals surface area (Å²) in [4.78, 5) is 28.6. The molecule has 0 spiro atoms. The predicted molar refractivity (Wildman–Crippen MR) is 159 cm³/mol. The lowest BCUT2D eigenvalue weighted by molar-refractivity contribution is -0.141. The predicted octanol–water partition coefficient (Wildman–Crippen LogP) is 4.67. The van der Waals surface area contributed by atoms with Gasteiger partial charge >= 0.3 is 0 Å². The lowest BCUT2D eigenvalue weighted by Gasteiger charge is -2.32. The minimum absolute atomic E-state index is 0.0499. The Morgan fingerprint density at radius 3 is 2.30 bits per heavy atom. The number of rotatable bonds is 14. The van der Waals surface area contributed by atoms with Crippen molar-refractivity contribution in [3.63, 3.8) is 0 Å². The number of anilines is 1. The van der Waals surface area contributed by atoms with Gasteiger partial charge < -0.3 is 15.0 Å². The van der Waals surface area contributed by atoms with Crippen molar-refractivity contribution < 1.29 is 22.7 Å². The summed E-state index contributed by atoms with van der Waals surface area (Å²) >= 11 is 6.07. The van der Waals surface area contributed by atoms with Crippen LogP contribution >= 0.6 is 11.6 Å². The molecule has 3 aromatic rings. The first-order valence-electron chi connectivity index (χ1n) is 13.1. The van der Waals surface area contributed by atoms with Crippen LogP contribution in [-0.2, 0) is 32.6 Å². The number of likely N-dealkylation sites (N-methyl/N-ethyl adjacent to an activating group) is 1. The molecule has 0 heterocycles. The van der Waals surface area contributed by atoms with Gasteiger partial charge in [-0.1, -0.05) is 60.1 Å². The van der Waals surface area contributed by atoms with E-state index in [4.69, 9.17) is 16.3 Å². The van der Waals surface area contributed by atoms with Gasteiger partial charge in [0.25, 0.3) is 0 Å². The molecule has 0 aromatic heterocycles. The molecule has 1 unspecified atom stereocenters. The van der Waals surface area contributed by atoms with Gasteiger partial charge in [0.2, 0.25) is 21.8 Å². The zero-order valence-electron chi connectivity index (χ0n) is 23.0. The number of nitrogens with one attached hydrogen (secondary N) is 1. The first kappa shape index (κ1) is 31.0. The summed E-state index contributed by atoms with van der Waals surface area (Å²) in [5.74, 6) is 0.0334. The summed E-state index contributed by atoms with van der Waals surface area (Å²) in [7, 11) is -2.10. The van der Waals surface area contributed by atoms with Gasteiger partial charge in [0.15, 0.2) is 0 Å². The maximum atomic E-state index is 13.8. The molecule has 214 valence electrons. The van der Waals surface area contributed by atoms with Gasteiger partial charge in [-0.2, -0.15) is 0 Å². The Hall–Kier alpha value is -3.56. The number of hydrogen-bond donors (Lipinski definition) is 1. The van der Waals surface area contributed by atoms with Gasteiger partial charge in [-0.3, -0.25) is 13.9 Å². The van der Waals surface area contributed by atoms with Crippen molar-refractivity contribution in [2.75, 3.05) is 30.8 Å². The van der Waals surface area contributed by atoms with Crippen LogP contribution in [0.1, 0.15) is 30.9 Å².